The molecule has 2 aliphatic rings. The molecular formula is C23H20ClN3O3S. The highest BCUT2D eigenvalue weighted by molar-refractivity contribution is 7.09. The fourth-order valence-corrected chi connectivity index (χ4v) is 5.03. The maximum Gasteiger partial charge on any atom is 0.325 e. The van der Waals surface area contributed by atoms with E-state index in [-0.39, 0.29) is 18.0 Å². The molecule has 3 aromatic rings. The van der Waals surface area contributed by atoms with Crippen molar-refractivity contribution in [1.82, 2.24) is 10.6 Å². The number of nitrogens with one attached hydrogen (secondary N) is 2. The first-order chi connectivity index (χ1) is 14.9. The Morgan fingerprint density at radius 3 is 2.97 bits per heavy atom. The van der Waals surface area contributed by atoms with E-state index in [0.29, 0.717) is 35.0 Å². The minimum atomic E-state index is -0.889. The number of anilines is 1. The average Bonchev–Trinajstić information content (AvgIpc) is 3.26. The second-order valence-corrected chi connectivity index (χ2v) is 9.28. The van der Waals surface area contributed by atoms with Crippen LogP contribution in [0.5, 0.6) is 5.75 Å². The summed E-state index contributed by atoms with van der Waals surface area (Å²) in [4.78, 5) is 28.4. The molecule has 0 saturated carbocycles. The van der Waals surface area contributed by atoms with Crippen molar-refractivity contribution in [3.8, 4) is 5.75 Å². The van der Waals surface area contributed by atoms with Gasteiger partial charge in [0.25, 0.3) is 5.91 Å². The lowest BCUT2D eigenvalue weighted by Gasteiger charge is -2.50. The van der Waals surface area contributed by atoms with Gasteiger partial charge in [-0.25, -0.2) is 4.79 Å². The molecule has 2 atom stereocenters. The third-order valence-electron chi connectivity index (χ3n) is 5.60. The summed E-state index contributed by atoms with van der Waals surface area (Å²) in [6.07, 6.45) is 0.556. The van der Waals surface area contributed by atoms with Gasteiger partial charge in [0.05, 0.1) is 18.3 Å². The normalized spacial score (nSPS) is 21.7. The standard InChI is InChI=1S/C23H20ClN3O3S/c1-23-12-19(18-11-15(24)7-8-20(18)30-23)26-22(29)27(23)16-5-2-4-14(10-16)21(28)25-13-17-6-3-9-31-17/h2-11,19H,12-13H2,1H3,(H,25,28)(H,26,29). The van der Waals surface area contributed by atoms with Gasteiger partial charge in [-0.2, -0.15) is 0 Å². The van der Waals surface area contributed by atoms with Gasteiger partial charge < -0.3 is 15.4 Å². The van der Waals surface area contributed by atoms with Crippen molar-refractivity contribution >= 4 is 40.6 Å². The molecule has 1 fully saturated rings. The summed E-state index contributed by atoms with van der Waals surface area (Å²) in [7, 11) is 0. The van der Waals surface area contributed by atoms with Crippen LogP contribution in [-0.2, 0) is 6.54 Å². The Hall–Kier alpha value is -3.03. The number of benzene rings is 2. The third kappa shape index (κ3) is 3.64. The van der Waals surface area contributed by atoms with Gasteiger partial charge in [0, 0.05) is 27.4 Å². The SMILES string of the molecule is CC12CC(NC(=O)N1c1cccc(C(=O)NCc3cccs3)c1)c1cc(Cl)ccc1O2. The smallest absolute Gasteiger partial charge is 0.325 e. The zero-order chi connectivity index (χ0) is 21.6. The maximum absolute atomic E-state index is 13.1. The van der Waals surface area contributed by atoms with Crippen molar-refractivity contribution in [2.24, 2.45) is 0 Å². The average molecular weight is 454 g/mol. The summed E-state index contributed by atoms with van der Waals surface area (Å²) in [6.45, 7) is 2.35. The van der Waals surface area contributed by atoms with Gasteiger partial charge in [-0.3, -0.25) is 9.69 Å². The number of fused-ring (bicyclic) bond motifs is 4. The lowest BCUT2D eigenvalue weighted by Crippen LogP contribution is -2.65. The lowest BCUT2D eigenvalue weighted by atomic mass is 9.90. The number of nitrogens with zero attached hydrogens (tertiary/aromatic N) is 1. The van der Waals surface area contributed by atoms with Crippen LogP contribution >= 0.6 is 22.9 Å². The quantitative estimate of drug-likeness (QED) is 0.577. The Morgan fingerprint density at radius 2 is 2.16 bits per heavy atom. The molecule has 158 valence electrons. The number of amides is 3. The molecule has 8 heteroatoms. The van der Waals surface area contributed by atoms with Crippen molar-refractivity contribution < 1.29 is 14.3 Å². The van der Waals surface area contributed by atoms with Crippen molar-refractivity contribution in [3.63, 3.8) is 0 Å². The van der Waals surface area contributed by atoms with Gasteiger partial charge in [-0.05, 0) is 54.8 Å². The highest BCUT2D eigenvalue weighted by atomic mass is 35.5. The van der Waals surface area contributed by atoms with Crippen LogP contribution in [0, 0.1) is 0 Å². The van der Waals surface area contributed by atoms with Crippen LogP contribution in [0.4, 0.5) is 10.5 Å². The van der Waals surface area contributed by atoms with E-state index < -0.39 is 5.72 Å². The Labute approximate surface area is 188 Å². The van der Waals surface area contributed by atoms with E-state index in [1.807, 2.05) is 42.6 Å². The van der Waals surface area contributed by atoms with Gasteiger partial charge in [0.1, 0.15) is 5.75 Å². The van der Waals surface area contributed by atoms with Crippen molar-refractivity contribution in [3.05, 3.63) is 81.0 Å². The summed E-state index contributed by atoms with van der Waals surface area (Å²) in [6, 6.07) is 15.9. The van der Waals surface area contributed by atoms with E-state index in [9.17, 15) is 9.59 Å². The molecule has 31 heavy (non-hydrogen) atoms. The highest BCUT2D eigenvalue weighted by Crippen LogP contribution is 2.46. The first-order valence-corrected chi connectivity index (χ1v) is 11.2. The topological polar surface area (TPSA) is 70.7 Å². The number of carbonyl (C=O) groups is 2. The van der Waals surface area contributed by atoms with Crippen LogP contribution in [0.25, 0.3) is 0 Å². The number of halogens is 1. The summed E-state index contributed by atoms with van der Waals surface area (Å²) < 4.78 is 6.29. The van der Waals surface area contributed by atoms with Gasteiger partial charge in [-0.1, -0.05) is 23.7 Å². The zero-order valence-electron chi connectivity index (χ0n) is 16.7. The summed E-state index contributed by atoms with van der Waals surface area (Å²) in [5.41, 5.74) is 1.06. The van der Waals surface area contributed by atoms with Gasteiger partial charge in [0.15, 0.2) is 5.72 Å². The van der Waals surface area contributed by atoms with Gasteiger partial charge in [-0.15, -0.1) is 11.3 Å². The molecule has 1 saturated heterocycles. The van der Waals surface area contributed by atoms with E-state index in [1.165, 1.54) is 0 Å². The van der Waals surface area contributed by atoms with E-state index in [1.54, 1.807) is 40.5 Å². The molecule has 5 rings (SSSR count). The predicted octanol–water partition coefficient (Wildman–Crippen LogP) is 5.10. The molecule has 6 nitrogen and oxygen atoms in total. The Bertz CT molecular complexity index is 1170. The van der Waals surface area contributed by atoms with Gasteiger partial charge >= 0.3 is 6.03 Å². The number of carbonyl (C=O) groups excluding carboxylic acids is 2. The maximum atomic E-state index is 13.1. The number of ether oxygens (including phenoxy) is 1. The van der Waals surface area contributed by atoms with Crippen LogP contribution in [0.2, 0.25) is 5.02 Å². The first kappa shape index (κ1) is 19.9. The minimum Gasteiger partial charge on any atom is -0.467 e. The molecule has 0 aliphatic carbocycles. The Kier molecular flexibility index (Phi) is 4.87. The number of rotatable bonds is 4. The van der Waals surface area contributed by atoms with E-state index in [0.717, 1.165) is 10.4 Å². The molecule has 0 spiro atoms. The van der Waals surface area contributed by atoms with Crippen LogP contribution in [-0.4, -0.2) is 17.7 Å². The molecule has 2 aromatic carbocycles. The highest BCUT2D eigenvalue weighted by Gasteiger charge is 2.49. The van der Waals surface area contributed by atoms with E-state index in [4.69, 9.17) is 16.3 Å². The molecule has 1 aromatic heterocycles. The van der Waals surface area contributed by atoms with Crippen molar-refractivity contribution in [2.45, 2.75) is 31.7 Å². The fraction of sp³-hybridized carbons (Fsp3) is 0.217. The monoisotopic (exact) mass is 453 g/mol. The van der Waals surface area contributed by atoms with Crippen LogP contribution in [0.15, 0.2) is 60.0 Å². The molecule has 2 N–H and O–H groups in total. The van der Waals surface area contributed by atoms with Gasteiger partial charge in [0.2, 0.25) is 0 Å². The van der Waals surface area contributed by atoms with Crippen LogP contribution < -0.4 is 20.3 Å². The Morgan fingerprint density at radius 1 is 1.29 bits per heavy atom. The van der Waals surface area contributed by atoms with E-state index >= 15 is 0 Å². The summed E-state index contributed by atoms with van der Waals surface area (Å²) in [5, 5.41) is 8.54. The van der Waals surface area contributed by atoms with Crippen molar-refractivity contribution in [2.75, 3.05) is 4.90 Å². The largest absolute Gasteiger partial charge is 0.467 e. The summed E-state index contributed by atoms with van der Waals surface area (Å²) >= 11 is 7.73. The molecule has 0 radical (unpaired) electrons. The molecule has 2 bridgehead atoms. The second kappa shape index (κ2) is 7.59. The number of urea groups is 1. The molecular weight excluding hydrogens is 434 g/mol. The number of hydrogen-bond acceptors (Lipinski definition) is 4. The van der Waals surface area contributed by atoms with E-state index in [2.05, 4.69) is 10.6 Å². The minimum absolute atomic E-state index is 0.187. The number of hydrogen-bond donors (Lipinski definition) is 2. The molecule has 3 heterocycles. The number of thiophene rings is 1. The molecule has 2 unspecified atom stereocenters. The molecule has 3 amide bonds. The third-order valence-corrected chi connectivity index (χ3v) is 6.72. The van der Waals surface area contributed by atoms with Crippen molar-refractivity contribution in [1.29, 1.82) is 0 Å². The molecule has 2 aliphatic heterocycles. The predicted molar refractivity (Wildman–Crippen MR) is 121 cm³/mol. The van der Waals surface area contributed by atoms with Crippen LogP contribution in [0.1, 0.15) is 40.2 Å². The first-order valence-electron chi connectivity index (χ1n) is 9.93. The van der Waals surface area contributed by atoms with Crippen LogP contribution in [0.3, 0.4) is 0 Å². The lowest BCUT2D eigenvalue weighted by molar-refractivity contribution is 0.0378. The summed E-state index contributed by atoms with van der Waals surface area (Å²) in [5.74, 6) is 0.498. The zero-order valence-corrected chi connectivity index (χ0v) is 18.3. The fourth-order valence-electron chi connectivity index (χ4n) is 4.21. The Balaban J connectivity index is 1.42. The second-order valence-electron chi connectivity index (χ2n) is 7.81.